The van der Waals surface area contributed by atoms with Gasteiger partial charge in [0.15, 0.2) is 0 Å². The number of furan rings is 1. The molecule has 170 valence electrons. The van der Waals surface area contributed by atoms with Gasteiger partial charge in [-0.2, -0.15) is 5.10 Å². The Hall–Kier alpha value is -3.84. The summed E-state index contributed by atoms with van der Waals surface area (Å²) in [5.41, 5.74) is 4.50. The zero-order valence-electron chi connectivity index (χ0n) is 18.4. The number of hydrazone groups is 1. The van der Waals surface area contributed by atoms with Crippen LogP contribution in [0.5, 0.6) is 0 Å². The predicted molar refractivity (Wildman–Crippen MR) is 131 cm³/mol. The highest BCUT2D eigenvalue weighted by atomic mass is 35.5. The maximum atomic E-state index is 12.8. The molecule has 3 rings (SSSR count). The number of hydrogen-bond acceptors (Lipinski definition) is 5. The van der Waals surface area contributed by atoms with Crippen molar-refractivity contribution in [3.63, 3.8) is 0 Å². The van der Waals surface area contributed by atoms with Gasteiger partial charge in [-0.25, -0.2) is 5.43 Å². The lowest BCUT2D eigenvalue weighted by Crippen LogP contribution is -2.33. The molecule has 0 fully saturated rings. The molecule has 3 aromatic rings. The molecule has 2 aromatic carbocycles. The fourth-order valence-corrected chi connectivity index (χ4v) is 3.33. The Morgan fingerprint density at radius 1 is 1.03 bits per heavy atom. The Balaban J connectivity index is 1.84. The first-order valence-corrected chi connectivity index (χ1v) is 10.9. The molecule has 0 bridgehead atoms. The molecule has 0 radical (unpaired) electrons. The zero-order chi connectivity index (χ0) is 23.6. The minimum atomic E-state index is -0.592. The van der Waals surface area contributed by atoms with Crippen molar-refractivity contribution < 1.29 is 14.0 Å². The van der Waals surface area contributed by atoms with Gasteiger partial charge in [0.2, 0.25) is 0 Å². The summed E-state index contributed by atoms with van der Waals surface area (Å²) in [5, 5.41) is 6.82. The van der Waals surface area contributed by atoms with E-state index in [2.05, 4.69) is 34.6 Å². The van der Waals surface area contributed by atoms with Crippen molar-refractivity contribution in [2.24, 2.45) is 5.10 Å². The Kier molecular flexibility index (Phi) is 8.43. The van der Waals surface area contributed by atoms with Crippen molar-refractivity contribution >= 4 is 41.4 Å². The smallest absolute Gasteiger partial charge is 0.287 e. The first-order valence-electron chi connectivity index (χ1n) is 10.5. The van der Waals surface area contributed by atoms with Gasteiger partial charge in [0.1, 0.15) is 11.5 Å². The lowest BCUT2D eigenvalue weighted by atomic mass is 10.1. The maximum absolute atomic E-state index is 12.8. The van der Waals surface area contributed by atoms with Gasteiger partial charge in [-0.15, -0.1) is 0 Å². The van der Waals surface area contributed by atoms with Crippen LogP contribution >= 0.6 is 11.6 Å². The molecule has 0 aliphatic heterocycles. The number of amides is 2. The van der Waals surface area contributed by atoms with E-state index >= 15 is 0 Å². The Morgan fingerprint density at radius 3 is 2.39 bits per heavy atom. The van der Waals surface area contributed by atoms with Gasteiger partial charge in [0.25, 0.3) is 11.8 Å². The van der Waals surface area contributed by atoms with Crippen LogP contribution in [0.25, 0.3) is 6.08 Å². The Morgan fingerprint density at radius 2 is 1.76 bits per heavy atom. The molecule has 0 unspecified atom stereocenters. The van der Waals surface area contributed by atoms with Crippen LogP contribution < -0.4 is 15.6 Å². The van der Waals surface area contributed by atoms with Crippen LogP contribution in [0.4, 0.5) is 5.69 Å². The minimum Gasteiger partial charge on any atom is -0.463 e. The predicted octanol–water partition coefficient (Wildman–Crippen LogP) is 4.70. The number of nitrogens with one attached hydrogen (secondary N) is 2. The van der Waals surface area contributed by atoms with Gasteiger partial charge < -0.3 is 14.6 Å². The number of benzene rings is 2. The van der Waals surface area contributed by atoms with E-state index in [1.54, 1.807) is 42.5 Å². The fraction of sp³-hybridized carbons (Fsp3) is 0.160. The summed E-state index contributed by atoms with van der Waals surface area (Å²) < 4.78 is 5.15. The molecule has 2 amide bonds. The number of anilines is 1. The number of carbonyl (C=O) groups excluding carboxylic acids is 2. The van der Waals surface area contributed by atoms with Gasteiger partial charge in [-0.3, -0.25) is 9.59 Å². The summed E-state index contributed by atoms with van der Waals surface area (Å²) in [6.45, 7) is 5.96. The van der Waals surface area contributed by atoms with Crippen molar-refractivity contribution in [1.29, 1.82) is 0 Å². The molecule has 33 heavy (non-hydrogen) atoms. The molecular weight excluding hydrogens is 440 g/mol. The standard InChI is InChI=1S/C25H25ClN4O3/c1-3-30(4-2)19-13-11-18(12-14-19)16-23(25(32)29-27-17-20-8-7-15-33-20)28-24(31)21-9-5-6-10-22(21)26/h5-17H,3-4H2,1-2H3,(H,28,31)(H,29,32)/b23-16-,27-17+. The van der Waals surface area contributed by atoms with E-state index < -0.39 is 11.8 Å². The molecule has 0 saturated carbocycles. The third kappa shape index (κ3) is 6.57. The summed E-state index contributed by atoms with van der Waals surface area (Å²) in [7, 11) is 0. The van der Waals surface area contributed by atoms with Crippen LogP contribution in [0.3, 0.4) is 0 Å². The van der Waals surface area contributed by atoms with Crippen LogP contribution in [0.2, 0.25) is 5.02 Å². The lowest BCUT2D eigenvalue weighted by molar-refractivity contribution is -0.117. The summed E-state index contributed by atoms with van der Waals surface area (Å²) >= 11 is 6.14. The largest absolute Gasteiger partial charge is 0.463 e. The quantitative estimate of drug-likeness (QED) is 0.273. The number of rotatable bonds is 9. The summed E-state index contributed by atoms with van der Waals surface area (Å²) in [5.74, 6) is -0.615. The topological polar surface area (TPSA) is 86.9 Å². The average molecular weight is 465 g/mol. The summed E-state index contributed by atoms with van der Waals surface area (Å²) in [6.07, 6.45) is 4.45. The second kappa shape index (κ2) is 11.7. The third-order valence-corrected chi connectivity index (χ3v) is 5.17. The second-order valence-corrected chi connectivity index (χ2v) is 7.38. The van der Waals surface area contributed by atoms with Crippen molar-refractivity contribution in [2.75, 3.05) is 18.0 Å². The van der Waals surface area contributed by atoms with Crippen molar-refractivity contribution in [3.05, 3.63) is 94.5 Å². The molecule has 0 atom stereocenters. The van der Waals surface area contributed by atoms with E-state index in [1.807, 2.05) is 24.3 Å². The number of nitrogens with zero attached hydrogens (tertiary/aromatic N) is 2. The van der Waals surface area contributed by atoms with E-state index in [0.29, 0.717) is 5.76 Å². The van der Waals surface area contributed by atoms with Gasteiger partial charge >= 0.3 is 0 Å². The van der Waals surface area contributed by atoms with Crippen LogP contribution in [-0.2, 0) is 4.79 Å². The van der Waals surface area contributed by atoms with Crippen molar-refractivity contribution in [2.45, 2.75) is 13.8 Å². The van der Waals surface area contributed by atoms with Crippen LogP contribution in [-0.4, -0.2) is 31.1 Å². The Bertz CT molecular complexity index is 1130. The van der Waals surface area contributed by atoms with Gasteiger partial charge in [0, 0.05) is 18.8 Å². The molecule has 2 N–H and O–H groups in total. The van der Waals surface area contributed by atoms with E-state index in [1.165, 1.54) is 12.5 Å². The molecule has 8 heteroatoms. The van der Waals surface area contributed by atoms with Gasteiger partial charge in [-0.05, 0) is 61.9 Å². The first kappa shape index (κ1) is 23.8. The van der Waals surface area contributed by atoms with E-state index in [4.69, 9.17) is 16.0 Å². The van der Waals surface area contributed by atoms with E-state index in [-0.39, 0.29) is 16.3 Å². The number of halogens is 1. The number of carbonyl (C=O) groups is 2. The molecular formula is C25H25ClN4O3. The SMILES string of the molecule is CCN(CC)c1ccc(/C=C(\NC(=O)c2ccccc2Cl)C(=O)N/N=C/c2ccco2)cc1. The maximum Gasteiger partial charge on any atom is 0.287 e. The van der Waals surface area contributed by atoms with Crippen LogP contribution in [0.1, 0.15) is 35.5 Å². The van der Waals surface area contributed by atoms with Gasteiger partial charge in [-0.1, -0.05) is 35.9 Å². The first-order chi connectivity index (χ1) is 16.0. The fourth-order valence-electron chi connectivity index (χ4n) is 3.11. The highest BCUT2D eigenvalue weighted by Gasteiger charge is 2.16. The average Bonchev–Trinajstić information content (AvgIpc) is 3.34. The minimum absolute atomic E-state index is 0.0205. The zero-order valence-corrected chi connectivity index (χ0v) is 19.2. The Labute approximate surface area is 197 Å². The summed E-state index contributed by atoms with van der Waals surface area (Å²) in [6, 6.07) is 17.7. The molecule has 7 nitrogen and oxygen atoms in total. The lowest BCUT2D eigenvalue weighted by Gasteiger charge is -2.21. The second-order valence-electron chi connectivity index (χ2n) is 6.97. The highest BCUT2D eigenvalue weighted by molar-refractivity contribution is 6.34. The molecule has 1 heterocycles. The summed E-state index contributed by atoms with van der Waals surface area (Å²) in [4.78, 5) is 27.8. The van der Waals surface area contributed by atoms with Gasteiger partial charge in [0.05, 0.1) is 23.1 Å². The van der Waals surface area contributed by atoms with E-state index in [9.17, 15) is 9.59 Å². The van der Waals surface area contributed by atoms with Crippen molar-refractivity contribution in [3.8, 4) is 0 Å². The van der Waals surface area contributed by atoms with Crippen molar-refractivity contribution in [1.82, 2.24) is 10.7 Å². The molecule has 0 saturated heterocycles. The molecule has 0 aliphatic carbocycles. The van der Waals surface area contributed by atoms with E-state index in [0.717, 1.165) is 24.3 Å². The molecule has 1 aromatic heterocycles. The van der Waals surface area contributed by atoms with Crippen LogP contribution in [0.15, 0.2) is 82.1 Å². The third-order valence-electron chi connectivity index (χ3n) is 4.85. The van der Waals surface area contributed by atoms with Crippen LogP contribution in [0, 0.1) is 0 Å². The molecule has 0 aliphatic rings. The highest BCUT2D eigenvalue weighted by Crippen LogP contribution is 2.18. The monoisotopic (exact) mass is 464 g/mol. The number of hydrogen-bond donors (Lipinski definition) is 2. The molecule has 0 spiro atoms. The normalized spacial score (nSPS) is 11.4.